The van der Waals surface area contributed by atoms with Gasteiger partial charge in [0.1, 0.15) is 5.82 Å². The third kappa shape index (κ3) is 2.31. The largest absolute Gasteiger partial charge is 0.298 e. The normalized spacial score (nSPS) is 10.1. The molecule has 16 heavy (non-hydrogen) atoms. The molecule has 1 aromatic carbocycles. The van der Waals surface area contributed by atoms with Crippen molar-refractivity contribution in [2.75, 3.05) is 0 Å². The molecule has 2 aromatic rings. The first-order chi connectivity index (χ1) is 7.79. The van der Waals surface area contributed by atoms with Crippen molar-refractivity contribution in [2.24, 2.45) is 0 Å². The van der Waals surface area contributed by atoms with Crippen LogP contribution in [0.15, 0.2) is 42.6 Å². The number of carbonyl (C=O) groups excluding carboxylic acids is 1. The van der Waals surface area contributed by atoms with Gasteiger partial charge < -0.3 is 0 Å². The summed E-state index contributed by atoms with van der Waals surface area (Å²) in [6.07, 6.45) is 2.86. The van der Waals surface area contributed by atoms with Gasteiger partial charge in [0.05, 0.1) is 5.69 Å². The number of aromatic nitrogens is 1. The molecule has 0 aliphatic rings. The first kappa shape index (κ1) is 10.5. The maximum atomic E-state index is 13.0. The van der Waals surface area contributed by atoms with E-state index in [-0.39, 0.29) is 5.82 Å². The van der Waals surface area contributed by atoms with Crippen molar-refractivity contribution in [2.45, 2.75) is 6.42 Å². The van der Waals surface area contributed by atoms with Crippen LogP contribution >= 0.6 is 0 Å². The lowest BCUT2D eigenvalue weighted by Crippen LogP contribution is -1.97. The Morgan fingerprint density at radius 2 is 2.12 bits per heavy atom. The molecule has 2 rings (SSSR count). The van der Waals surface area contributed by atoms with Gasteiger partial charge in [-0.1, -0.05) is 12.1 Å². The van der Waals surface area contributed by atoms with Gasteiger partial charge in [-0.2, -0.15) is 0 Å². The summed E-state index contributed by atoms with van der Waals surface area (Å²) in [6, 6.07) is 9.71. The molecule has 0 atom stereocenters. The van der Waals surface area contributed by atoms with E-state index in [1.54, 1.807) is 24.4 Å². The minimum Gasteiger partial charge on any atom is -0.298 e. The summed E-state index contributed by atoms with van der Waals surface area (Å²) < 4.78 is 13.0. The predicted molar refractivity (Wildman–Crippen MR) is 58.8 cm³/mol. The first-order valence-corrected chi connectivity index (χ1v) is 4.93. The van der Waals surface area contributed by atoms with Crippen molar-refractivity contribution in [3.8, 4) is 0 Å². The van der Waals surface area contributed by atoms with Crippen molar-refractivity contribution in [1.29, 1.82) is 0 Å². The van der Waals surface area contributed by atoms with Crippen LogP contribution in [0.1, 0.15) is 21.6 Å². The second-order valence-corrected chi connectivity index (χ2v) is 3.46. The Hall–Kier alpha value is -2.03. The zero-order valence-electron chi connectivity index (χ0n) is 8.56. The maximum absolute atomic E-state index is 13.0. The Kier molecular flexibility index (Phi) is 3.05. The van der Waals surface area contributed by atoms with E-state index in [2.05, 4.69) is 4.98 Å². The van der Waals surface area contributed by atoms with Gasteiger partial charge in [0.2, 0.25) is 0 Å². The molecule has 1 heterocycles. The highest BCUT2D eigenvalue weighted by Gasteiger charge is 2.04. The summed E-state index contributed by atoms with van der Waals surface area (Å²) in [5.74, 6) is -0.277. The summed E-state index contributed by atoms with van der Waals surface area (Å²) in [4.78, 5) is 14.9. The van der Waals surface area contributed by atoms with Crippen molar-refractivity contribution in [3.05, 3.63) is 65.2 Å². The lowest BCUT2D eigenvalue weighted by atomic mass is 10.1. The summed E-state index contributed by atoms with van der Waals surface area (Å²) >= 11 is 0. The summed E-state index contributed by atoms with van der Waals surface area (Å²) in [6.45, 7) is 0. The Labute approximate surface area is 92.8 Å². The lowest BCUT2D eigenvalue weighted by molar-refractivity contribution is 0.112. The second-order valence-electron chi connectivity index (χ2n) is 3.46. The van der Waals surface area contributed by atoms with Gasteiger partial charge in [-0.15, -0.1) is 0 Å². The molecule has 0 aliphatic heterocycles. The molecule has 0 aliphatic carbocycles. The van der Waals surface area contributed by atoms with Crippen LogP contribution in [-0.2, 0) is 6.42 Å². The Balaban J connectivity index is 2.30. The van der Waals surface area contributed by atoms with Gasteiger partial charge in [0.25, 0.3) is 0 Å². The second kappa shape index (κ2) is 4.66. The lowest BCUT2D eigenvalue weighted by Gasteiger charge is -2.03. The van der Waals surface area contributed by atoms with Gasteiger partial charge in [-0.3, -0.25) is 9.78 Å². The summed E-state index contributed by atoms with van der Waals surface area (Å²) in [5.41, 5.74) is 2.02. The number of benzene rings is 1. The molecule has 0 spiro atoms. The molecule has 0 fully saturated rings. The third-order valence-corrected chi connectivity index (χ3v) is 2.31. The highest BCUT2D eigenvalue weighted by Crippen LogP contribution is 2.11. The van der Waals surface area contributed by atoms with Crippen LogP contribution in [0.2, 0.25) is 0 Å². The van der Waals surface area contributed by atoms with Crippen molar-refractivity contribution in [1.82, 2.24) is 4.98 Å². The van der Waals surface area contributed by atoms with Gasteiger partial charge in [-0.05, 0) is 29.8 Å². The van der Waals surface area contributed by atoms with E-state index >= 15 is 0 Å². The van der Waals surface area contributed by atoms with Crippen LogP contribution < -0.4 is 0 Å². The minimum atomic E-state index is -0.277. The smallest absolute Gasteiger partial charge is 0.151 e. The Morgan fingerprint density at radius 1 is 1.25 bits per heavy atom. The molecule has 0 bridgehead atoms. The van der Waals surface area contributed by atoms with E-state index in [1.807, 2.05) is 6.07 Å². The molecular formula is C13H10FNO. The molecule has 0 amide bonds. The van der Waals surface area contributed by atoms with E-state index < -0.39 is 0 Å². The van der Waals surface area contributed by atoms with Gasteiger partial charge >= 0.3 is 0 Å². The van der Waals surface area contributed by atoms with Crippen molar-refractivity contribution >= 4 is 6.29 Å². The average Bonchev–Trinajstić information content (AvgIpc) is 2.30. The van der Waals surface area contributed by atoms with Crippen LogP contribution in [0.3, 0.4) is 0 Å². The molecule has 2 nitrogen and oxygen atoms in total. The van der Waals surface area contributed by atoms with Crippen LogP contribution in [0.4, 0.5) is 4.39 Å². The molecule has 80 valence electrons. The molecular weight excluding hydrogens is 205 g/mol. The topological polar surface area (TPSA) is 30.0 Å². The van der Waals surface area contributed by atoms with Crippen LogP contribution in [0.5, 0.6) is 0 Å². The zero-order valence-corrected chi connectivity index (χ0v) is 8.56. The fraction of sp³-hybridized carbons (Fsp3) is 0.0769. The fourth-order valence-electron chi connectivity index (χ4n) is 1.55. The summed E-state index contributed by atoms with van der Waals surface area (Å²) in [5, 5.41) is 0. The van der Waals surface area contributed by atoms with Gasteiger partial charge in [0, 0.05) is 18.2 Å². The standard InChI is InChI=1S/C13H10FNO/c14-12-5-1-3-10(7-12)8-13-11(9-16)4-2-6-15-13/h1-7,9H,8H2. The Bertz CT molecular complexity index is 511. The monoisotopic (exact) mass is 215 g/mol. The predicted octanol–water partition coefficient (Wildman–Crippen LogP) is 2.62. The molecule has 0 N–H and O–H groups in total. The molecule has 3 heteroatoms. The van der Waals surface area contributed by atoms with Crippen LogP contribution in [0.25, 0.3) is 0 Å². The van der Waals surface area contributed by atoms with Crippen LogP contribution in [0, 0.1) is 5.82 Å². The highest BCUT2D eigenvalue weighted by molar-refractivity contribution is 5.76. The highest BCUT2D eigenvalue weighted by atomic mass is 19.1. The molecule has 0 saturated heterocycles. The minimum absolute atomic E-state index is 0.277. The number of hydrogen-bond donors (Lipinski definition) is 0. The number of halogens is 1. The quantitative estimate of drug-likeness (QED) is 0.737. The van der Waals surface area contributed by atoms with E-state index in [1.165, 1.54) is 12.1 Å². The number of pyridine rings is 1. The first-order valence-electron chi connectivity index (χ1n) is 4.93. The SMILES string of the molecule is O=Cc1cccnc1Cc1cccc(F)c1. The number of nitrogens with zero attached hydrogens (tertiary/aromatic N) is 1. The van der Waals surface area contributed by atoms with Crippen molar-refractivity contribution in [3.63, 3.8) is 0 Å². The van der Waals surface area contributed by atoms with Gasteiger partial charge in [-0.25, -0.2) is 4.39 Å². The molecule has 0 radical (unpaired) electrons. The molecule has 0 saturated carbocycles. The maximum Gasteiger partial charge on any atom is 0.151 e. The van der Waals surface area contributed by atoms with E-state index in [0.717, 1.165) is 11.8 Å². The number of hydrogen-bond acceptors (Lipinski definition) is 2. The third-order valence-electron chi connectivity index (χ3n) is 2.31. The average molecular weight is 215 g/mol. The molecule has 1 aromatic heterocycles. The number of aldehydes is 1. The fourth-order valence-corrected chi connectivity index (χ4v) is 1.55. The van der Waals surface area contributed by atoms with Gasteiger partial charge in [0.15, 0.2) is 6.29 Å². The Morgan fingerprint density at radius 3 is 2.88 bits per heavy atom. The van der Waals surface area contributed by atoms with E-state index in [9.17, 15) is 9.18 Å². The molecule has 0 unspecified atom stereocenters. The van der Waals surface area contributed by atoms with Crippen LogP contribution in [-0.4, -0.2) is 11.3 Å². The number of rotatable bonds is 3. The summed E-state index contributed by atoms with van der Waals surface area (Å²) in [7, 11) is 0. The van der Waals surface area contributed by atoms with E-state index in [0.29, 0.717) is 17.7 Å². The zero-order chi connectivity index (χ0) is 11.4. The number of carbonyl (C=O) groups is 1. The van der Waals surface area contributed by atoms with E-state index in [4.69, 9.17) is 0 Å². The van der Waals surface area contributed by atoms with Crippen molar-refractivity contribution < 1.29 is 9.18 Å².